The molecule has 0 heterocycles. The van der Waals surface area contributed by atoms with Crippen LogP contribution in [0.5, 0.6) is 11.5 Å². The predicted octanol–water partition coefficient (Wildman–Crippen LogP) is 4.09. The van der Waals surface area contributed by atoms with Crippen molar-refractivity contribution in [3.05, 3.63) is 48.0 Å². The van der Waals surface area contributed by atoms with E-state index < -0.39 is 11.7 Å². The highest BCUT2D eigenvalue weighted by molar-refractivity contribution is 5.74. The molecule has 0 aromatic heterocycles. The Bertz CT molecular complexity index is 591. The van der Waals surface area contributed by atoms with Gasteiger partial charge in [0, 0.05) is 11.6 Å². The second-order valence-corrected chi connectivity index (χ2v) is 3.93. The third kappa shape index (κ3) is 2.65. The van der Waals surface area contributed by atoms with Crippen LogP contribution in [0.4, 0.5) is 13.2 Å². The van der Waals surface area contributed by atoms with Crippen LogP contribution in [-0.4, -0.2) is 12.2 Å². The average molecular weight is 268 g/mol. The molecule has 0 aliphatic rings. The highest BCUT2D eigenvalue weighted by atomic mass is 19.4. The van der Waals surface area contributed by atoms with Crippen LogP contribution in [0, 0.1) is 0 Å². The number of hydrogen-bond donors (Lipinski definition) is 1. The SMILES string of the molecule is COc1ccc(-c2ccccc2C(F)(F)F)c(O)c1. The Morgan fingerprint density at radius 1 is 1.00 bits per heavy atom. The van der Waals surface area contributed by atoms with Crippen molar-refractivity contribution in [1.82, 2.24) is 0 Å². The van der Waals surface area contributed by atoms with Gasteiger partial charge in [0.1, 0.15) is 11.5 Å². The Morgan fingerprint density at radius 2 is 1.68 bits per heavy atom. The number of phenolic OH excluding ortho intramolecular Hbond substituents is 1. The summed E-state index contributed by atoms with van der Waals surface area (Å²) < 4.78 is 43.6. The molecule has 0 spiro atoms. The Balaban J connectivity index is 2.60. The van der Waals surface area contributed by atoms with Gasteiger partial charge in [0.05, 0.1) is 12.7 Å². The van der Waals surface area contributed by atoms with Crippen molar-refractivity contribution in [2.45, 2.75) is 6.18 Å². The third-order valence-corrected chi connectivity index (χ3v) is 2.73. The number of alkyl halides is 3. The first-order valence-corrected chi connectivity index (χ1v) is 5.47. The zero-order valence-corrected chi connectivity index (χ0v) is 10.0. The van der Waals surface area contributed by atoms with Gasteiger partial charge in [-0.15, -0.1) is 0 Å². The third-order valence-electron chi connectivity index (χ3n) is 2.73. The maximum Gasteiger partial charge on any atom is 0.417 e. The summed E-state index contributed by atoms with van der Waals surface area (Å²) in [4.78, 5) is 0. The molecule has 0 unspecified atom stereocenters. The first-order chi connectivity index (χ1) is 8.93. The summed E-state index contributed by atoms with van der Waals surface area (Å²) >= 11 is 0. The molecular weight excluding hydrogens is 257 g/mol. The molecule has 0 saturated heterocycles. The van der Waals surface area contributed by atoms with Gasteiger partial charge >= 0.3 is 6.18 Å². The van der Waals surface area contributed by atoms with Crippen LogP contribution < -0.4 is 4.74 Å². The first-order valence-electron chi connectivity index (χ1n) is 5.47. The molecule has 2 aromatic rings. The Labute approximate surface area is 108 Å². The van der Waals surface area contributed by atoms with Crippen LogP contribution in [0.1, 0.15) is 5.56 Å². The number of phenols is 1. The summed E-state index contributed by atoms with van der Waals surface area (Å²) in [5, 5.41) is 9.82. The van der Waals surface area contributed by atoms with Gasteiger partial charge in [0.25, 0.3) is 0 Å². The summed E-state index contributed by atoms with van der Waals surface area (Å²) in [6, 6.07) is 9.30. The number of ether oxygens (including phenoxy) is 1. The van der Waals surface area contributed by atoms with E-state index in [-0.39, 0.29) is 16.9 Å². The summed E-state index contributed by atoms with van der Waals surface area (Å²) in [5.41, 5.74) is -0.723. The van der Waals surface area contributed by atoms with Crippen LogP contribution in [0.2, 0.25) is 0 Å². The minimum Gasteiger partial charge on any atom is -0.507 e. The molecule has 0 atom stereocenters. The number of halogens is 3. The standard InChI is InChI=1S/C14H11F3O2/c1-19-9-6-7-11(13(18)8-9)10-4-2-3-5-12(10)14(15,16)17/h2-8,18H,1H3. The van der Waals surface area contributed by atoms with Crippen molar-refractivity contribution < 1.29 is 23.0 Å². The molecule has 2 aromatic carbocycles. The summed E-state index contributed by atoms with van der Waals surface area (Å²) in [6.07, 6.45) is -4.47. The maximum atomic E-state index is 12.9. The number of rotatable bonds is 2. The van der Waals surface area contributed by atoms with Gasteiger partial charge in [-0.1, -0.05) is 18.2 Å². The fourth-order valence-corrected chi connectivity index (χ4v) is 1.83. The van der Waals surface area contributed by atoms with Crippen LogP contribution in [0.3, 0.4) is 0 Å². The van der Waals surface area contributed by atoms with Gasteiger partial charge in [-0.05, 0) is 23.8 Å². The van der Waals surface area contributed by atoms with Gasteiger partial charge in [-0.3, -0.25) is 0 Å². The Hall–Kier alpha value is -2.17. The zero-order chi connectivity index (χ0) is 14.0. The summed E-state index contributed by atoms with van der Waals surface area (Å²) in [5.74, 6) is 0.127. The summed E-state index contributed by atoms with van der Waals surface area (Å²) in [7, 11) is 1.41. The van der Waals surface area contributed by atoms with E-state index in [1.54, 1.807) is 0 Å². The van der Waals surface area contributed by atoms with Crippen molar-refractivity contribution in [2.75, 3.05) is 7.11 Å². The fraction of sp³-hybridized carbons (Fsp3) is 0.143. The molecular formula is C14H11F3O2. The largest absolute Gasteiger partial charge is 0.507 e. The van der Waals surface area contributed by atoms with E-state index in [1.807, 2.05) is 0 Å². The minimum atomic E-state index is -4.47. The molecule has 0 amide bonds. The fourth-order valence-electron chi connectivity index (χ4n) is 1.83. The molecule has 5 heteroatoms. The van der Waals surface area contributed by atoms with Crippen molar-refractivity contribution in [3.63, 3.8) is 0 Å². The van der Waals surface area contributed by atoms with Crippen LogP contribution in [-0.2, 0) is 6.18 Å². The van der Waals surface area contributed by atoms with E-state index in [2.05, 4.69) is 0 Å². The molecule has 19 heavy (non-hydrogen) atoms. The van der Waals surface area contributed by atoms with Gasteiger partial charge in [0.15, 0.2) is 0 Å². The first kappa shape index (κ1) is 13.3. The monoisotopic (exact) mass is 268 g/mol. The second kappa shape index (κ2) is 4.84. The highest BCUT2D eigenvalue weighted by Gasteiger charge is 2.33. The van der Waals surface area contributed by atoms with Crippen molar-refractivity contribution in [1.29, 1.82) is 0 Å². The second-order valence-electron chi connectivity index (χ2n) is 3.93. The molecule has 0 aliphatic heterocycles. The maximum absolute atomic E-state index is 12.9. The molecule has 1 N–H and O–H groups in total. The van der Waals surface area contributed by atoms with Crippen molar-refractivity contribution >= 4 is 0 Å². The molecule has 2 rings (SSSR count). The van der Waals surface area contributed by atoms with Gasteiger partial charge in [-0.25, -0.2) is 0 Å². The van der Waals surface area contributed by atoms with Gasteiger partial charge < -0.3 is 9.84 Å². The van der Waals surface area contributed by atoms with Gasteiger partial charge in [-0.2, -0.15) is 13.2 Å². The molecule has 0 aliphatic carbocycles. The Kier molecular flexibility index (Phi) is 3.38. The minimum absolute atomic E-state index is 0.0600. The lowest BCUT2D eigenvalue weighted by Gasteiger charge is -2.14. The molecule has 0 bridgehead atoms. The summed E-state index contributed by atoms with van der Waals surface area (Å²) in [6.45, 7) is 0. The number of methoxy groups -OCH3 is 1. The van der Waals surface area contributed by atoms with E-state index >= 15 is 0 Å². The number of aromatic hydroxyl groups is 1. The zero-order valence-electron chi connectivity index (χ0n) is 10.0. The smallest absolute Gasteiger partial charge is 0.417 e. The lowest BCUT2D eigenvalue weighted by atomic mass is 9.98. The molecule has 0 radical (unpaired) electrons. The number of benzene rings is 2. The normalized spacial score (nSPS) is 11.4. The predicted molar refractivity (Wildman–Crippen MR) is 65.1 cm³/mol. The highest BCUT2D eigenvalue weighted by Crippen LogP contribution is 2.40. The van der Waals surface area contributed by atoms with Crippen molar-refractivity contribution in [2.24, 2.45) is 0 Å². The van der Waals surface area contributed by atoms with E-state index in [0.717, 1.165) is 6.07 Å². The quantitative estimate of drug-likeness (QED) is 0.889. The average Bonchev–Trinajstić information content (AvgIpc) is 2.37. The Morgan fingerprint density at radius 3 is 2.26 bits per heavy atom. The molecule has 0 saturated carbocycles. The lowest BCUT2D eigenvalue weighted by molar-refractivity contribution is -0.137. The number of hydrogen-bond acceptors (Lipinski definition) is 2. The molecule has 2 nitrogen and oxygen atoms in total. The molecule has 0 fully saturated rings. The van der Waals surface area contributed by atoms with Gasteiger partial charge in [0.2, 0.25) is 0 Å². The van der Waals surface area contributed by atoms with Crippen LogP contribution in [0.15, 0.2) is 42.5 Å². The van der Waals surface area contributed by atoms with E-state index in [1.165, 1.54) is 43.5 Å². The molecule has 100 valence electrons. The topological polar surface area (TPSA) is 29.5 Å². The van der Waals surface area contributed by atoms with Crippen LogP contribution >= 0.6 is 0 Å². The lowest BCUT2D eigenvalue weighted by Crippen LogP contribution is -2.06. The van der Waals surface area contributed by atoms with Crippen LogP contribution in [0.25, 0.3) is 11.1 Å². The van der Waals surface area contributed by atoms with E-state index in [4.69, 9.17) is 4.74 Å². The van der Waals surface area contributed by atoms with E-state index in [9.17, 15) is 18.3 Å². The van der Waals surface area contributed by atoms with Crippen molar-refractivity contribution in [3.8, 4) is 22.6 Å². The van der Waals surface area contributed by atoms with E-state index in [0.29, 0.717) is 5.75 Å².